The highest BCUT2D eigenvalue weighted by molar-refractivity contribution is 6.32. The summed E-state index contributed by atoms with van der Waals surface area (Å²) in [5.74, 6) is 0.459. The zero-order valence-corrected chi connectivity index (χ0v) is 14.7. The molecule has 0 spiro atoms. The number of nitrogens with one attached hydrogen (secondary N) is 1. The maximum Gasteiger partial charge on any atom is 0.343 e. The fraction of sp³-hybridized carbons (Fsp3) is 0.158. The number of aromatic amines is 1. The van der Waals surface area contributed by atoms with Gasteiger partial charge in [-0.25, -0.2) is 4.79 Å². The largest absolute Gasteiger partial charge is 0.490 e. The van der Waals surface area contributed by atoms with Gasteiger partial charge in [0.1, 0.15) is 30.3 Å². The number of fused-ring (bicyclic) bond motifs is 1. The molecule has 0 atom stereocenters. The molecule has 0 unspecified atom stereocenters. The number of esters is 1. The Morgan fingerprint density at radius 2 is 1.85 bits per heavy atom. The van der Waals surface area contributed by atoms with Crippen LogP contribution in [0, 0.1) is 0 Å². The van der Waals surface area contributed by atoms with Crippen molar-refractivity contribution in [3.63, 3.8) is 0 Å². The first kappa shape index (κ1) is 17.8. The van der Waals surface area contributed by atoms with Gasteiger partial charge in [0, 0.05) is 17.6 Å². The van der Waals surface area contributed by atoms with Gasteiger partial charge in [-0.15, -0.1) is 0 Å². The zero-order valence-electron chi connectivity index (χ0n) is 14.0. The summed E-state index contributed by atoms with van der Waals surface area (Å²) in [6, 6.07) is 12.5. The summed E-state index contributed by atoms with van der Waals surface area (Å²) >= 11 is 6.20. The topological polar surface area (TPSA) is 77.6 Å². The van der Waals surface area contributed by atoms with Gasteiger partial charge < -0.3 is 19.2 Å². The lowest BCUT2D eigenvalue weighted by molar-refractivity contribution is 0.0599. The summed E-state index contributed by atoms with van der Waals surface area (Å²) in [5.41, 5.74) is -0.0292. The SMILES string of the molecule is COC(=O)c1c[nH]c2cc(OCCOc3ccccc3)c(Cl)cc2c1=O. The number of rotatable bonds is 6. The van der Waals surface area contributed by atoms with Crippen molar-refractivity contribution >= 4 is 28.5 Å². The molecule has 134 valence electrons. The Morgan fingerprint density at radius 1 is 1.12 bits per heavy atom. The summed E-state index contributed by atoms with van der Waals surface area (Å²) in [6.45, 7) is 0.626. The molecule has 0 bridgehead atoms. The van der Waals surface area contributed by atoms with Crippen LogP contribution in [-0.2, 0) is 4.74 Å². The van der Waals surface area contributed by atoms with Crippen LogP contribution in [0.1, 0.15) is 10.4 Å². The van der Waals surface area contributed by atoms with E-state index < -0.39 is 11.4 Å². The molecule has 3 rings (SSSR count). The van der Waals surface area contributed by atoms with E-state index >= 15 is 0 Å². The number of hydrogen-bond donors (Lipinski definition) is 1. The van der Waals surface area contributed by atoms with Gasteiger partial charge in [0.05, 0.1) is 17.6 Å². The van der Waals surface area contributed by atoms with Crippen molar-refractivity contribution in [3.8, 4) is 11.5 Å². The second-order valence-electron chi connectivity index (χ2n) is 5.36. The average molecular weight is 374 g/mol. The molecular formula is C19H16ClNO5. The van der Waals surface area contributed by atoms with Crippen LogP contribution < -0.4 is 14.9 Å². The fourth-order valence-electron chi connectivity index (χ4n) is 2.42. The van der Waals surface area contributed by atoms with Crippen molar-refractivity contribution in [3.05, 3.63) is 69.5 Å². The standard InChI is InChI=1S/C19H16ClNO5/c1-24-19(23)14-11-21-16-10-17(15(20)9-13(16)18(14)22)26-8-7-25-12-5-3-2-4-6-12/h2-6,9-11H,7-8H2,1H3,(H,21,22). The van der Waals surface area contributed by atoms with Crippen molar-refractivity contribution < 1.29 is 19.0 Å². The first-order valence-corrected chi connectivity index (χ1v) is 8.22. The lowest BCUT2D eigenvalue weighted by Crippen LogP contribution is -2.17. The highest BCUT2D eigenvalue weighted by atomic mass is 35.5. The normalized spacial score (nSPS) is 10.5. The predicted molar refractivity (Wildman–Crippen MR) is 98.4 cm³/mol. The summed E-state index contributed by atoms with van der Waals surface area (Å²) in [6.07, 6.45) is 1.31. The molecule has 6 nitrogen and oxygen atoms in total. The molecule has 0 amide bonds. The number of halogens is 1. The summed E-state index contributed by atoms with van der Waals surface area (Å²) in [4.78, 5) is 26.9. The van der Waals surface area contributed by atoms with E-state index in [4.69, 9.17) is 21.1 Å². The number of ether oxygens (including phenoxy) is 3. The average Bonchev–Trinajstić information content (AvgIpc) is 2.66. The number of para-hydroxylation sites is 1. The monoisotopic (exact) mass is 373 g/mol. The quantitative estimate of drug-likeness (QED) is 0.529. The van der Waals surface area contributed by atoms with E-state index in [0.29, 0.717) is 17.9 Å². The first-order valence-electron chi connectivity index (χ1n) is 7.84. The minimum Gasteiger partial charge on any atom is -0.490 e. The van der Waals surface area contributed by atoms with E-state index in [-0.39, 0.29) is 22.6 Å². The number of methoxy groups -OCH3 is 1. The van der Waals surface area contributed by atoms with E-state index in [9.17, 15) is 9.59 Å². The minimum absolute atomic E-state index is 0.0824. The van der Waals surface area contributed by atoms with Crippen molar-refractivity contribution in [1.29, 1.82) is 0 Å². The molecule has 0 fully saturated rings. The Morgan fingerprint density at radius 3 is 2.58 bits per heavy atom. The van der Waals surface area contributed by atoms with Crippen LogP contribution in [0.2, 0.25) is 5.02 Å². The van der Waals surface area contributed by atoms with Gasteiger partial charge in [-0.1, -0.05) is 29.8 Å². The minimum atomic E-state index is -0.706. The maximum atomic E-state index is 12.4. The Hall–Kier alpha value is -2.99. The lowest BCUT2D eigenvalue weighted by atomic mass is 10.1. The lowest BCUT2D eigenvalue weighted by Gasteiger charge is -2.11. The third-order valence-electron chi connectivity index (χ3n) is 3.69. The van der Waals surface area contributed by atoms with Crippen molar-refractivity contribution in [2.45, 2.75) is 0 Å². The number of H-pyrrole nitrogens is 1. The van der Waals surface area contributed by atoms with Crippen LogP contribution in [-0.4, -0.2) is 31.3 Å². The van der Waals surface area contributed by atoms with E-state index in [2.05, 4.69) is 9.72 Å². The number of carbonyl (C=O) groups is 1. The van der Waals surface area contributed by atoms with Crippen LogP contribution in [0.5, 0.6) is 11.5 Å². The van der Waals surface area contributed by atoms with E-state index in [1.165, 1.54) is 19.4 Å². The number of benzene rings is 2. The molecule has 0 radical (unpaired) electrons. The zero-order chi connectivity index (χ0) is 18.5. The third-order valence-corrected chi connectivity index (χ3v) is 3.99. The van der Waals surface area contributed by atoms with Crippen LogP contribution in [0.3, 0.4) is 0 Å². The Balaban J connectivity index is 1.74. The Labute approximate surface area is 154 Å². The van der Waals surface area contributed by atoms with Crippen molar-refractivity contribution in [1.82, 2.24) is 4.98 Å². The van der Waals surface area contributed by atoms with Gasteiger partial charge in [-0.05, 0) is 18.2 Å². The highest BCUT2D eigenvalue weighted by Gasteiger charge is 2.15. The van der Waals surface area contributed by atoms with E-state index in [1.54, 1.807) is 6.07 Å². The summed E-state index contributed by atoms with van der Waals surface area (Å²) < 4.78 is 15.8. The van der Waals surface area contributed by atoms with Gasteiger partial charge >= 0.3 is 5.97 Å². The Kier molecular flexibility index (Phi) is 5.43. The van der Waals surface area contributed by atoms with Crippen LogP contribution in [0.4, 0.5) is 0 Å². The highest BCUT2D eigenvalue weighted by Crippen LogP contribution is 2.28. The molecule has 3 aromatic rings. The first-order chi connectivity index (χ1) is 12.6. The van der Waals surface area contributed by atoms with Crippen molar-refractivity contribution in [2.75, 3.05) is 20.3 Å². The van der Waals surface area contributed by atoms with Crippen LogP contribution >= 0.6 is 11.6 Å². The molecule has 1 aromatic heterocycles. The molecule has 1 heterocycles. The number of hydrogen-bond acceptors (Lipinski definition) is 5. The summed E-state index contributed by atoms with van der Waals surface area (Å²) in [7, 11) is 1.22. The predicted octanol–water partition coefficient (Wildman–Crippen LogP) is 3.43. The molecule has 0 saturated heterocycles. The second-order valence-corrected chi connectivity index (χ2v) is 5.77. The number of carbonyl (C=O) groups excluding carboxylic acids is 1. The van der Waals surface area contributed by atoms with Crippen molar-refractivity contribution in [2.24, 2.45) is 0 Å². The molecular weight excluding hydrogens is 358 g/mol. The fourth-order valence-corrected chi connectivity index (χ4v) is 2.64. The number of pyridine rings is 1. The van der Waals surface area contributed by atoms with Gasteiger partial charge in [0.2, 0.25) is 5.43 Å². The maximum absolute atomic E-state index is 12.4. The molecule has 26 heavy (non-hydrogen) atoms. The molecule has 7 heteroatoms. The third kappa shape index (κ3) is 3.81. The molecule has 2 aromatic carbocycles. The molecule has 0 saturated carbocycles. The molecule has 0 aliphatic rings. The molecule has 0 aliphatic carbocycles. The Bertz CT molecular complexity index is 984. The number of aromatic nitrogens is 1. The van der Waals surface area contributed by atoms with E-state index in [0.717, 1.165) is 5.75 Å². The van der Waals surface area contributed by atoms with Crippen LogP contribution in [0.25, 0.3) is 10.9 Å². The van der Waals surface area contributed by atoms with Gasteiger partial charge in [0.25, 0.3) is 0 Å². The molecule has 1 N–H and O–H groups in total. The van der Waals surface area contributed by atoms with Gasteiger partial charge in [-0.2, -0.15) is 0 Å². The van der Waals surface area contributed by atoms with E-state index in [1.807, 2.05) is 30.3 Å². The van der Waals surface area contributed by atoms with Gasteiger partial charge in [0.15, 0.2) is 0 Å². The van der Waals surface area contributed by atoms with Crippen LogP contribution in [0.15, 0.2) is 53.5 Å². The summed E-state index contributed by atoms with van der Waals surface area (Å²) in [5, 5.41) is 0.551. The smallest absolute Gasteiger partial charge is 0.343 e. The van der Waals surface area contributed by atoms with Gasteiger partial charge in [-0.3, -0.25) is 4.79 Å². The second kappa shape index (κ2) is 7.93. The molecule has 0 aliphatic heterocycles.